The molecule has 2 heterocycles. The van der Waals surface area contributed by atoms with E-state index in [2.05, 4.69) is 20.4 Å². The molecule has 0 aromatic carbocycles. The van der Waals surface area contributed by atoms with Crippen molar-refractivity contribution < 1.29 is 14.7 Å². The van der Waals surface area contributed by atoms with E-state index in [9.17, 15) is 9.59 Å². The number of carbonyl (C=O) groups excluding carboxylic acids is 1. The molecule has 2 N–H and O–H groups in total. The SMILES string of the molecule is O=C(CCn1cncn1)Nc1ccc(C(=O)O)nc1. The molecule has 0 fully saturated rings. The summed E-state index contributed by atoms with van der Waals surface area (Å²) in [5.41, 5.74) is 0.384. The minimum absolute atomic E-state index is 0.0689. The number of amides is 1. The zero-order chi connectivity index (χ0) is 13.7. The van der Waals surface area contributed by atoms with Crippen LogP contribution in [0.4, 0.5) is 5.69 Å². The summed E-state index contributed by atoms with van der Waals surface area (Å²) >= 11 is 0. The Bertz CT molecular complexity index is 565. The maximum Gasteiger partial charge on any atom is 0.354 e. The highest BCUT2D eigenvalue weighted by Crippen LogP contribution is 2.06. The molecular formula is C11H11N5O3. The average molecular weight is 261 g/mol. The Hall–Kier alpha value is -2.77. The normalized spacial score (nSPS) is 10.1. The maximum atomic E-state index is 11.6. The molecule has 0 saturated carbocycles. The van der Waals surface area contributed by atoms with Crippen LogP contribution in [-0.2, 0) is 11.3 Å². The van der Waals surface area contributed by atoms with E-state index in [-0.39, 0.29) is 18.0 Å². The van der Waals surface area contributed by atoms with Crippen molar-refractivity contribution in [2.75, 3.05) is 5.32 Å². The Balaban J connectivity index is 1.86. The smallest absolute Gasteiger partial charge is 0.354 e. The molecule has 8 heteroatoms. The van der Waals surface area contributed by atoms with Gasteiger partial charge in [0, 0.05) is 6.42 Å². The fraction of sp³-hybridized carbons (Fsp3) is 0.182. The summed E-state index contributed by atoms with van der Waals surface area (Å²) in [5.74, 6) is -1.32. The number of hydrogen-bond donors (Lipinski definition) is 2. The van der Waals surface area contributed by atoms with Crippen molar-refractivity contribution in [3.05, 3.63) is 36.7 Å². The summed E-state index contributed by atoms with van der Waals surface area (Å²) in [6.07, 6.45) is 4.46. The van der Waals surface area contributed by atoms with E-state index < -0.39 is 5.97 Å². The van der Waals surface area contributed by atoms with Crippen molar-refractivity contribution >= 4 is 17.6 Å². The lowest BCUT2D eigenvalue weighted by Gasteiger charge is -2.05. The summed E-state index contributed by atoms with van der Waals surface area (Å²) < 4.78 is 1.55. The van der Waals surface area contributed by atoms with Crippen LogP contribution >= 0.6 is 0 Å². The number of hydrogen-bond acceptors (Lipinski definition) is 5. The average Bonchev–Trinajstić information content (AvgIpc) is 2.90. The van der Waals surface area contributed by atoms with Crippen LogP contribution in [0.15, 0.2) is 31.0 Å². The molecule has 0 aliphatic carbocycles. The summed E-state index contributed by atoms with van der Waals surface area (Å²) in [6.45, 7) is 0.423. The molecule has 0 atom stereocenters. The Morgan fingerprint density at radius 3 is 2.79 bits per heavy atom. The van der Waals surface area contributed by atoms with E-state index >= 15 is 0 Å². The first-order chi connectivity index (χ1) is 9.15. The molecule has 19 heavy (non-hydrogen) atoms. The number of aryl methyl sites for hydroxylation is 1. The molecule has 2 rings (SSSR count). The maximum absolute atomic E-state index is 11.6. The summed E-state index contributed by atoms with van der Waals surface area (Å²) in [5, 5.41) is 15.2. The number of anilines is 1. The van der Waals surface area contributed by atoms with Crippen LogP contribution in [0, 0.1) is 0 Å². The van der Waals surface area contributed by atoms with E-state index in [0.29, 0.717) is 12.2 Å². The standard InChI is InChI=1S/C11H11N5O3/c17-10(3-4-16-7-12-6-14-16)15-8-1-2-9(11(18)19)13-5-8/h1-2,5-7H,3-4H2,(H,15,17)(H,18,19). The molecule has 0 unspecified atom stereocenters. The molecule has 98 valence electrons. The van der Waals surface area contributed by atoms with Gasteiger partial charge in [-0.25, -0.2) is 14.8 Å². The number of carboxylic acid groups (broad SMARTS) is 1. The molecule has 0 aliphatic heterocycles. The molecule has 1 amide bonds. The Morgan fingerprint density at radius 1 is 1.37 bits per heavy atom. The molecular weight excluding hydrogens is 250 g/mol. The van der Waals surface area contributed by atoms with Crippen molar-refractivity contribution in [2.45, 2.75) is 13.0 Å². The highest BCUT2D eigenvalue weighted by atomic mass is 16.4. The lowest BCUT2D eigenvalue weighted by molar-refractivity contribution is -0.116. The second kappa shape index (κ2) is 5.71. The minimum Gasteiger partial charge on any atom is -0.477 e. The predicted octanol–water partition coefficient (Wildman–Crippen LogP) is 0.400. The van der Waals surface area contributed by atoms with Gasteiger partial charge < -0.3 is 10.4 Å². The number of aromatic nitrogens is 4. The fourth-order valence-corrected chi connectivity index (χ4v) is 1.38. The van der Waals surface area contributed by atoms with Crippen molar-refractivity contribution in [3.8, 4) is 0 Å². The first-order valence-corrected chi connectivity index (χ1v) is 5.47. The third-order valence-corrected chi connectivity index (χ3v) is 2.30. The van der Waals surface area contributed by atoms with Crippen LogP contribution in [0.3, 0.4) is 0 Å². The van der Waals surface area contributed by atoms with Crippen LogP contribution in [-0.4, -0.2) is 36.7 Å². The number of pyridine rings is 1. The third kappa shape index (κ3) is 3.60. The second-order valence-electron chi connectivity index (χ2n) is 3.69. The third-order valence-electron chi connectivity index (χ3n) is 2.30. The van der Waals surface area contributed by atoms with Gasteiger partial charge in [0.2, 0.25) is 5.91 Å². The summed E-state index contributed by atoms with van der Waals surface area (Å²) in [4.78, 5) is 29.7. The predicted molar refractivity (Wildman–Crippen MR) is 64.5 cm³/mol. The molecule has 0 radical (unpaired) electrons. The Kier molecular flexibility index (Phi) is 3.81. The number of aromatic carboxylic acids is 1. The van der Waals surface area contributed by atoms with Crippen molar-refractivity contribution in [3.63, 3.8) is 0 Å². The van der Waals surface area contributed by atoms with Gasteiger partial charge in [-0.15, -0.1) is 0 Å². The Labute approximate surface area is 108 Å². The van der Waals surface area contributed by atoms with Gasteiger partial charge in [-0.05, 0) is 12.1 Å². The molecule has 8 nitrogen and oxygen atoms in total. The number of nitrogens with one attached hydrogen (secondary N) is 1. The van der Waals surface area contributed by atoms with Gasteiger partial charge in [-0.2, -0.15) is 5.10 Å². The van der Waals surface area contributed by atoms with Gasteiger partial charge >= 0.3 is 5.97 Å². The molecule has 2 aromatic heterocycles. The Morgan fingerprint density at radius 2 is 2.21 bits per heavy atom. The topological polar surface area (TPSA) is 110 Å². The highest BCUT2D eigenvalue weighted by molar-refractivity contribution is 5.91. The van der Waals surface area contributed by atoms with Gasteiger partial charge in [-0.1, -0.05) is 0 Å². The van der Waals surface area contributed by atoms with E-state index in [1.807, 2.05) is 0 Å². The monoisotopic (exact) mass is 261 g/mol. The minimum atomic E-state index is -1.11. The molecule has 0 spiro atoms. The first kappa shape index (κ1) is 12.7. The molecule has 0 saturated heterocycles. The van der Waals surface area contributed by atoms with E-state index in [1.165, 1.54) is 31.0 Å². The van der Waals surface area contributed by atoms with Crippen LogP contribution in [0.5, 0.6) is 0 Å². The van der Waals surface area contributed by atoms with Crippen molar-refractivity contribution in [2.24, 2.45) is 0 Å². The van der Waals surface area contributed by atoms with Gasteiger partial charge in [0.15, 0.2) is 0 Å². The van der Waals surface area contributed by atoms with Crippen molar-refractivity contribution in [1.82, 2.24) is 19.7 Å². The number of carbonyl (C=O) groups is 2. The van der Waals surface area contributed by atoms with E-state index in [4.69, 9.17) is 5.11 Å². The highest BCUT2D eigenvalue weighted by Gasteiger charge is 2.06. The first-order valence-electron chi connectivity index (χ1n) is 5.47. The van der Waals surface area contributed by atoms with Gasteiger partial charge in [-0.3, -0.25) is 9.48 Å². The van der Waals surface area contributed by atoms with Crippen LogP contribution in [0.25, 0.3) is 0 Å². The lowest BCUT2D eigenvalue weighted by Crippen LogP contribution is -2.15. The van der Waals surface area contributed by atoms with E-state index in [0.717, 1.165) is 0 Å². The quantitative estimate of drug-likeness (QED) is 0.806. The van der Waals surface area contributed by atoms with Crippen LogP contribution < -0.4 is 5.32 Å². The van der Waals surface area contributed by atoms with Crippen LogP contribution in [0.2, 0.25) is 0 Å². The van der Waals surface area contributed by atoms with E-state index in [1.54, 1.807) is 4.68 Å². The number of nitrogens with zero attached hydrogens (tertiary/aromatic N) is 4. The van der Waals surface area contributed by atoms with Gasteiger partial charge in [0.25, 0.3) is 0 Å². The molecule has 2 aromatic rings. The van der Waals surface area contributed by atoms with Gasteiger partial charge in [0.1, 0.15) is 18.3 Å². The number of carboxylic acids is 1. The summed E-state index contributed by atoms with van der Waals surface area (Å²) in [6, 6.07) is 2.82. The second-order valence-corrected chi connectivity index (χ2v) is 3.69. The zero-order valence-corrected chi connectivity index (χ0v) is 9.85. The lowest BCUT2D eigenvalue weighted by atomic mass is 10.3. The van der Waals surface area contributed by atoms with Gasteiger partial charge in [0.05, 0.1) is 18.4 Å². The largest absolute Gasteiger partial charge is 0.477 e. The molecule has 0 bridgehead atoms. The van der Waals surface area contributed by atoms with Crippen LogP contribution in [0.1, 0.15) is 16.9 Å². The van der Waals surface area contributed by atoms with Crippen molar-refractivity contribution in [1.29, 1.82) is 0 Å². The molecule has 0 aliphatic rings. The zero-order valence-electron chi connectivity index (χ0n) is 9.85. The summed E-state index contributed by atoms with van der Waals surface area (Å²) in [7, 11) is 0. The fourth-order valence-electron chi connectivity index (χ4n) is 1.38. The number of rotatable bonds is 5.